The lowest BCUT2D eigenvalue weighted by molar-refractivity contribution is -0.120. The van der Waals surface area contributed by atoms with Crippen molar-refractivity contribution in [1.82, 2.24) is 5.32 Å². The van der Waals surface area contributed by atoms with Crippen molar-refractivity contribution in [2.75, 3.05) is 4.72 Å². The molecule has 0 spiro atoms. The van der Waals surface area contributed by atoms with Gasteiger partial charge in [0.15, 0.2) is 5.78 Å². The van der Waals surface area contributed by atoms with Crippen LogP contribution >= 0.6 is 0 Å². The molecule has 1 aliphatic carbocycles. The highest BCUT2D eigenvalue weighted by atomic mass is 32.2. The molecule has 3 rings (SSSR count). The van der Waals surface area contributed by atoms with Crippen molar-refractivity contribution in [3.63, 3.8) is 0 Å². The van der Waals surface area contributed by atoms with E-state index in [0.29, 0.717) is 17.3 Å². The maximum atomic E-state index is 12.4. The number of hydrogen-bond acceptors (Lipinski definition) is 4. The highest BCUT2D eigenvalue weighted by molar-refractivity contribution is 7.92. The van der Waals surface area contributed by atoms with Crippen LogP contribution in [0.15, 0.2) is 53.4 Å². The highest BCUT2D eigenvalue weighted by Gasteiger charge is 2.23. The van der Waals surface area contributed by atoms with Gasteiger partial charge in [0.05, 0.1) is 11.3 Å². The molecular formula is C19H20N2O4S. The number of carbonyl (C=O) groups excluding carboxylic acids is 2. The average molecular weight is 372 g/mol. The molecule has 1 saturated carbocycles. The number of benzene rings is 2. The van der Waals surface area contributed by atoms with Crippen LogP contribution < -0.4 is 10.0 Å². The van der Waals surface area contributed by atoms with Crippen molar-refractivity contribution in [3.8, 4) is 0 Å². The second-order valence-corrected chi connectivity index (χ2v) is 8.08. The molecule has 136 valence electrons. The maximum Gasteiger partial charge on any atom is 0.261 e. The fraction of sp³-hybridized carbons (Fsp3) is 0.263. The first-order valence-corrected chi connectivity index (χ1v) is 9.84. The third-order valence-corrected chi connectivity index (χ3v) is 5.48. The zero-order chi connectivity index (χ0) is 18.7. The van der Waals surface area contributed by atoms with Crippen LogP contribution in [0.4, 0.5) is 5.69 Å². The largest absolute Gasteiger partial charge is 0.353 e. The molecule has 0 bridgehead atoms. The van der Waals surface area contributed by atoms with E-state index < -0.39 is 10.0 Å². The van der Waals surface area contributed by atoms with Gasteiger partial charge in [0.25, 0.3) is 10.0 Å². The van der Waals surface area contributed by atoms with Crippen molar-refractivity contribution >= 4 is 27.4 Å². The van der Waals surface area contributed by atoms with Gasteiger partial charge in [0.1, 0.15) is 0 Å². The number of amides is 1. The summed E-state index contributed by atoms with van der Waals surface area (Å²) >= 11 is 0. The SMILES string of the molecule is CC(=O)c1ccc(S(=O)(=O)Nc2ccc(CC(=O)NC3CC3)cc2)cc1. The van der Waals surface area contributed by atoms with Gasteiger partial charge >= 0.3 is 0 Å². The van der Waals surface area contributed by atoms with Gasteiger partial charge in [-0.2, -0.15) is 0 Å². The van der Waals surface area contributed by atoms with E-state index in [0.717, 1.165) is 18.4 Å². The Hall–Kier alpha value is -2.67. The van der Waals surface area contributed by atoms with E-state index in [-0.39, 0.29) is 23.0 Å². The van der Waals surface area contributed by atoms with Crippen molar-refractivity contribution < 1.29 is 18.0 Å². The molecule has 0 aromatic heterocycles. The van der Waals surface area contributed by atoms with Crippen molar-refractivity contribution in [1.29, 1.82) is 0 Å². The molecule has 2 aromatic rings. The molecule has 1 fully saturated rings. The predicted molar refractivity (Wildman–Crippen MR) is 98.6 cm³/mol. The second-order valence-electron chi connectivity index (χ2n) is 6.40. The Bertz CT molecular complexity index is 915. The van der Waals surface area contributed by atoms with E-state index in [1.54, 1.807) is 24.3 Å². The van der Waals surface area contributed by atoms with Gasteiger partial charge in [-0.25, -0.2) is 8.42 Å². The first-order chi connectivity index (χ1) is 12.3. The maximum absolute atomic E-state index is 12.4. The minimum Gasteiger partial charge on any atom is -0.353 e. The van der Waals surface area contributed by atoms with E-state index >= 15 is 0 Å². The van der Waals surface area contributed by atoms with Gasteiger partial charge in [-0.3, -0.25) is 14.3 Å². The molecule has 1 amide bonds. The summed E-state index contributed by atoms with van der Waals surface area (Å²) in [6.45, 7) is 1.42. The lowest BCUT2D eigenvalue weighted by Crippen LogP contribution is -2.26. The topological polar surface area (TPSA) is 92.3 Å². The summed E-state index contributed by atoms with van der Waals surface area (Å²) < 4.78 is 27.3. The summed E-state index contributed by atoms with van der Waals surface area (Å²) in [6.07, 6.45) is 2.36. The number of carbonyl (C=O) groups is 2. The standard InChI is InChI=1S/C19H20N2O4S/c1-13(22)15-4-10-18(11-5-15)26(24,25)21-17-6-2-14(3-7-17)12-19(23)20-16-8-9-16/h2-7,10-11,16,21H,8-9,12H2,1H3,(H,20,23). The van der Waals surface area contributed by atoms with Crippen molar-refractivity contribution in [3.05, 3.63) is 59.7 Å². The van der Waals surface area contributed by atoms with E-state index in [1.807, 2.05) is 0 Å². The molecular weight excluding hydrogens is 352 g/mol. The Morgan fingerprint density at radius 2 is 1.62 bits per heavy atom. The lowest BCUT2D eigenvalue weighted by Gasteiger charge is -2.09. The lowest BCUT2D eigenvalue weighted by atomic mass is 10.1. The summed E-state index contributed by atoms with van der Waals surface area (Å²) in [6, 6.07) is 12.8. The van der Waals surface area contributed by atoms with Crippen LogP contribution in [-0.2, 0) is 21.2 Å². The van der Waals surface area contributed by atoms with Crippen LogP contribution in [0, 0.1) is 0 Å². The average Bonchev–Trinajstić information content (AvgIpc) is 3.40. The summed E-state index contributed by atoms with van der Waals surface area (Å²) in [5, 5.41) is 2.91. The molecule has 0 unspecified atom stereocenters. The van der Waals surface area contributed by atoms with Crippen LogP contribution in [0.1, 0.15) is 35.7 Å². The van der Waals surface area contributed by atoms with E-state index in [1.165, 1.54) is 31.2 Å². The second kappa shape index (κ2) is 7.29. The third-order valence-electron chi connectivity index (χ3n) is 4.08. The Morgan fingerprint density at radius 3 is 2.15 bits per heavy atom. The monoisotopic (exact) mass is 372 g/mol. The van der Waals surface area contributed by atoms with E-state index in [9.17, 15) is 18.0 Å². The highest BCUT2D eigenvalue weighted by Crippen LogP contribution is 2.20. The number of sulfonamides is 1. The molecule has 0 radical (unpaired) electrons. The van der Waals surface area contributed by atoms with Crippen molar-refractivity contribution in [2.45, 2.75) is 37.1 Å². The Morgan fingerprint density at radius 1 is 1.00 bits per heavy atom. The van der Waals surface area contributed by atoms with E-state index in [2.05, 4.69) is 10.0 Å². The fourth-order valence-electron chi connectivity index (χ4n) is 2.47. The quantitative estimate of drug-likeness (QED) is 0.731. The van der Waals surface area contributed by atoms with Gasteiger partial charge in [0.2, 0.25) is 5.91 Å². The van der Waals surface area contributed by atoms with Crippen LogP contribution in [0.25, 0.3) is 0 Å². The van der Waals surface area contributed by atoms with Crippen LogP contribution in [0.5, 0.6) is 0 Å². The minimum atomic E-state index is -3.74. The van der Waals surface area contributed by atoms with Crippen LogP contribution in [0.3, 0.4) is 0 Å². The van der Waals surface area contributed by atoms with Gasteiger partial charge in [-0.15, -0.1) is 0 Å². The summed E-state index contributed by atoms with van der Waals surface area (Å²) in [5.41, 5.74) is 1.68. The number of ketones is 1. The van der Waals surface area contributed by atoms with Crippen LogP contribution in [0.2, 0.25) is 0 Å². The predicted octanol–water partition coefficient (Wildman–Crippen LogP) is 2.51. The van der Waals surface area contributed by atoms with Crippen LogP contribution in [-0.4, -0.2) is 26.2 Å². The molecule has 0 saturated heterocycles. The van der Waals surface area contributed by atoms with Crippen molar-refractivity contribution in [2.24, 2.45) is 0 Å². The fourth-order valence-corrected chi connectivity index (χ4v) is 3.52. The Kier molecular flexibility index (Phi) is 5.08. The summed E-state index contributed by atoms with van der Waals surface area (Å²) in [7, 11) is -3.74. The third kappa shape index (κ3) is 4.70. The normalized spacial score (nSPS) is 13.9. The molecule has 1 aliphatic rings. The number of rotatable bonds is 7. The zero-order valence-electron chi connectivity index (χ0n) is 14.4. The number of hydrogen-bond donors (Lipinski definition) is 2. The van der Waals surface area contributed by atoms with Gasteiger partial charge in [0, 0.05) is 17.3 Å². The minimum absolute atomic E-state index is 0.0219. The summed E-state index contributed by atoms with van der Waals surface area (Å²) in [5.74, 6) is -0.144. The first-order valence-electron chi connectivity index (χ1n) is 8.35. The Labute approximate surface area is 152 Å². The number of nitrogens with one attached hydrogen (secondary N) is 2. The molecule has 2 aromatic carbocycles. The molecule has 0 aliphatic heterocycles. The first kappa shape index (κ1) is 18.1. The molecule has 2 N–H and O–H groups in total. The van der Waals surface area contributed by atoms with Gasteiger partial charge in [-0.1, -0.05) is 24.3 Å². The molecule has 6 nitrogen and oxygen atoms in total. The number of Topliss-reactive ketones (excluding diaryl/α,β-unsaturated/α-hetero) is 1. The van der Waals surface area contributed by atoms with Gasteiger partial charge in [-0.05, 0) is 49.6 Å². The zero-order valence-corrected chi connectivity index (χ0v) is 15.2. The molecule has 0 heterocycles. The molecule has 7 heteroatoms. The molecule has 0 atom stereocenters. The number of anilines is 1. The Balaban J connectivity index is 1.65. The molecule has 26 heavy (non-hydrogen) atoms. The smallest absolute Gasteiger partial charge is 0.261 e. The summed E-state index contributed by atoms with van der Waals surface area (Å²) in [4.78, 5) is 23.1. The van der Waals surface area contributed by atoms with Gasteiger partial charge < -0.3 is 5.32 Å². The van der Waals surface area contributed by atoms with E-state index in [4.69, 9.17) is 0 Å².